The number of benzene rings is 3. The summed E-state index contributed by atoms with van der Waals surface area (Å²) in [5.41, 5.74) is 2.20. The molecule has 9 heteroatoms. The largest absolute Gasteiger partial charge is 0.470 e. The van der Waals surface area contributed by atoms with Gasteiger partial charge >= 0.3 is 5.69 Å². The Hall–Kier alpha value is -3.95. The second-order valence-electron chi connectivity index (χ2n) is 10.7. The average molecular weight is 558 g/mol. The quantitative estimate of drug-likeness (QED) is 0.375. The molecule has 3 heterocycles. The highest BCUT2D eigenvalue weighted by Crippen LogP contribution is 2.52. The molecule has 1 saturated heterocycles. The molecular weight excluding hydrogens is 526 g/mol. The number of nitrogens with zero attached hydrogens (tertiary/aromatic N) is 3. The predicted molar refractivity (Wildman–Crippen MR) is 152 cm³/mol. The summed E-state index contributed by atoms with van der Waals surface area (Å²) >= 11 is 0. The van der Waals surface area contributed by atoms with Crippen LogP contribution < -0.4 is 16.0 Å². The van der Waals surface area contributed by atoms with Gasteiger partial charge in [-0.3, -0.25) is 13.9 Å². The summed E-state index contributed by atoms with van der Waals surface area (Å²) in [6.45, 7) is 2.08. The van der Waals surface area contributed by atoms with Gasteiger partial charge in [-0.2, -0.15) is 4.31 Å². The lowest BCUT2D eigenvalue weighted by Gasteiger charge is -2.37. The third-order valence-electron chi connectivity index (χ3n) is 8.28. The Bertz CT molecular complexity index is 1780. The Morgan fingerprint density at radius 1 is 0.850 bits per heavy atom. The summed E-state index contributed by atoms with van der Waals surface area (Å²) in [7, 11) is -0.894. The summed E-state index contributed by atoms with van der Waals surface area (Å²) in [6, 6.07) is 25.6. The van der Waals surface area contributed by atoms with Crippen LogP contribution in [0.15, 0.2) is 99.4 Å². The topological polar surface area (TPSA) is 90.6 Å². The number of aryl methyl sites for hydroxylation is 1. The molecule has 0 unspecified atom stereocenters. The minimum atomic E-state index is -3.93. The van der Waals surface area contributed by atoms with E-state index < -0.39 is 39.3 Å². The van der Waals surface area contributed by atoms with Crippen LogP contribution in [0.25, 0.3) is 0 Å². The molecular formula is C31H31N3O5S. The first-order valence-electron chi connectivity index (χ1n) is 13.3. The lowest BCUT2D eigenvalue weighted by molar-refractivity contribution is 0.0925. The van der Waals surface area contributed by atoms with E-state index in [9.17, 15) is 18.0 Å². The van der Waals surface area contributed by atoms with Crippen molar-refractivity contribution in [3.05, 3.63) is 128 Å². The maximum Gasteiger partial charge on any atom is 0.333 e. The number of ether oxygens (including phenoxy) is 1. The third-order valence-corrected chi connectivity index (χ3v) is 10.2. The molecule has 2 aliphatic heterocycles. The van der Waals surface area contributed by atoms with Crippen molar-refractivity contribution < 1.29 is 13.2 Å². The summed E-state index contributed by atoms with van der Waals surface area (Å²) in [6.07, 6.45) is -0.145. The molecule has 0 radical (unpaired) electrons. The summed E-state index contributed by atoms with van der Waals surface area (Å²) < 4.78 is 39.0. The molecule has 1 fully saturated rings. The number of aromatic nitrogens is 2. The molecule has 3 aromatic carbocycles. The van der Waals surface area contributed by atoms with Crippen molar-refractivity contribution in [1.29, 1.82) is 0 Å². The average Bonchev–Trinajstić information content (AvgIpc) is 3.35. The van der Waals surface area contributed by atoms with Gasteiger partial charge in [0.25, 0.3) is 5.56 Å². The molecule has 0 spiro atoms. The van der Waals surface area contributed by atoms with Crippen molar-refractivity contribution in [2.75, 3.05) is 6.54 Å². The molecule has 1 aromatic heterocycles. The zero-order chi connectivity index (χ0) is 28.2. The fourth-order valence-corrected chi connectivity index (χ4v) is 7.94. The maximum absolute atomic E-state index is 14.3. The molecule has 0 aliphatic carbocycles. The van der Waals surface area contributed by atoms with Gasteiger partial charge in [-0.15, -0.1) is 0 Å². The molecule has 0 bridgehead atoms. The van der Waals surface area contributed by atoms with Gasteiger partial charge in [-0.1, -0.05) is 78.4 Å². The van der Waals surface area contributed by atoms with Gasteiger partial charge in [-0.25, -0.2) is 13.2 Å². The first kappa shape index (κ1) is 26.3. The van der Waals surface area contributed by atoms with Crippen molar-refractivity contribution in [2.45, 2.75) is 36.3 Å². The molecule has 0 N–H and O–H groups in total. The van der Waals surface area contributed by atoms with Crippen LogP contribution in [0.1, 0.15) is 34.3 Å². The highest BCUT2D eigenvalue weighted by atomic mass is 32.2. The van der Waals surface area contributed by atoms with E-state index in [-0.39, 0.29) is 23.2 Å². The van der Waals surface area contributed by atoms with Gasteiger partial charge in [0.2, 0.25) is 15.9 Å². The molecule has 8 nitrogen and oxygen atoms in total. The Kier molecular flexibility index (Phi) is 6.51. The third kappa shape index (κ3) is 4.20. The van der Waals surface area contributed by atoms with E-state index >= 15 is 0 Å². The van der Waals surface area contributed by atoms with Crippen molar-refractivity contribution in [3.8, 4) is 5.88 Å². The van der Waals surface area contributed by atoms with Gasteiger partial charge in [0.1, 0.15) is 6.10 Å². The number of fused-ring (bicyclic) bond motifs is 3. The van der Waals surface area contributed by atoms with E-state index in [0.717, 1.165) is 21.3 Å². The van der Waals surface area contributed by atoms with Crippen molar-refractivity contribution in [2.24, 2.45) is 20.0 Å². The number of hydrogen-bond donors (Lipinski definition) is 0. The second-order valence-corrected chi connectivity index (χ2v) is 12.6. The highest BCUT2D eigenvalue weighted by molar-refractivity contribution is 7.89. The first-order valence-corrected chi connectivity index (χ1v) is 14.8. The zero-order valence-electron chi connectivity index (χ0n) is 22.6. The van der Waals surface area contributed by atoms with E-state index in [1.165, 1.54) is 11.6 Å². The maximum atomic E-state index is 14.3. The monoisotopic (exact) mass is 557 g/mol. The van der Waals surface area contributed by atoms with Crippen LogP contribution in [0.3, 0.4) is 0 Å². The van der Waals surface area contributed by atoms with Crippen molar-refractivity contribution >= 4 is 10.0 Å². The van der Waals surface area contributed by atoms with Gasteiger partial charge in [-0.05, 0) is 36.6 Å². The van der Waals surface area contributed by atoms with Gasteiger partial charge < -0.3 is 4.74 Å². The Balaban J connectivity index is 1.59. The van der Waals surface area contributed by atoms with Crippen LogP contribution in [0.5, 0.6) is 5.88 Å². The van der Waals surface area contributed by atoms with Gasteiger partial charge in [0.15, 0.2) is 0 Å². The summed E-state index contributed by atoms with van der Waals surface area (Å²) in [5, 5.41) is 0. The van der Waals surface area contributed by atoms with Crippen molar-refractivity contribution in [1.82, 2.24) is 13.4 Å². The highest BCUT2D eigenvalue weighted by Gasteiger charge is 2.55. The Morgan fingerprint density at radius 2 is 1.48 bits per heavy atom. The molecule has 40 heavy (non-hydrogen) atoms. The second kappa shape index (κ2) is 9.91. The minimum Gasteiger partial charge on any atom is -0.470 e. The molecule has 0 saturated carbocycles. The van der Waals surface area contributed by atoms with Crippen LogP contribution >= 0.6 is 0 Å². The molecule has 206 valence electrons. The molecule has 4 atom stereocenters. The minimum absolute atomic E-state index is 0.170. The van der Waals surface area contributed by atoms with Crippen LogP contribution in [0.4, 0.5) is 0 Å². The molecule has 6 rings (SSSR count). The number of sulfonamides is 1. The van der Waals surface area contributed by atoms with E-state index in [0.29, 0.717) is 12.0 Å². The van der Waals surface area contributed by atoms with Crippen LogP contribution in [0, 0.1) is 12.8 Å². The van der Waals surface area contributed by atoms with Crippen LogP contribution in [0.2, 0.25) is 0 Å². The molecule has 2 aliphatic rings. The summed E-state index contributed by atoms with van der Waals surface area (Å²) in [4.78, 5) is 26.9. The predicted octanol–water partition coefficient (Wildman–Crippen LogP) is 3.54. The van der Waals surface area contributed by atoms with Gasteiger partial charge in [0, 0.05) is 38.5 Å². The summed E-state index contributed by atoms with van der Waals surface area (Å²) in [5.74, 6) is -0.648. The van der Waals surface area contributed by atoms with E-state index in [1.807, 2.05) is 67.6 Å². The lowest BCUT2D eigenvalue weighted by atomic mass is 9.76. The normalized spacial score (nSPS) is 22.4. The molecule has 4 aromatic rings. The van der Waals surface area contributed by atoms with Gasteiger partial charge in [0.05, 0.1) is 10.5 Å². The van der Waals surface area contributed by atoms with E-state index in [4.69, 9.17) is 4.74 Å². The standard InChI is InChI=1S/C31H31N3O5S/c1-20-14-16-23(17-15-20)40(37,38)34-19-24-26(25(34)18-21-10-6-4-7-11-21)27-29(35)32(2)31(36)33(3)30(27)39-28(24)22-12-8-5-9-13-22/h4-17,24-26,28H,18-19H2,1-3H3/t24-,25+,26-,28-/m0/s1. The fourth-order valence-electron chi connectivity index (χ4n) is 6.26. The first-order chi connectivity index (χ1) is 19.2. The zero-order valence-corrected chi connectivity index (χ0v) is 23.4. The number of hydrogen-bond acceptors (Lipinski definition) is 5. The Morgan fingerprint density at radius 3 is 2.12 bits per heavy atom. The van der Waals surface area contributed by atoms with E-state index in [1.54, 1.807) is 35.6 Å². The lowest BCUT2D eigenvalue weighted by Crippen LogP contribution is -2.46. The Labute approximate surface area is 233 Å². The van der Waals surface area contributed by atoms with Crippen molar-refractivity contribution in [3.63, 3.8) is 0 Å². The van der Waals surface area contributed by atoms with Crippen LogP contribution in [-0.4, -0.2) is 34.4 Å². The van der Waals surface area contributed by atoms with Crippen LogP contribution in [-0.2, 0) is 30.5 Å². The fraction of sp³-hybridized carbons (Fsp3) is 0.290. The number of rotatable bonds is 5. The smallest absolute Gasteiger partial charge is 0.333 e. The van der Waals surface area contributed by atoms with E-state index in [2.05, 4.69) is 0 Å². The molecule has 0 amide bonds. The SMILES string of the molecule is Cc1ccc(S(=O)(=O)N2C[C@H]3[C@H](c4c(n(C)c(=O)n(C)c4=O)O[C@H]3c3ccccc3)[C@H]2Cc2ccccc2)cc1.